The molecule has 0 aliphatic carbocycles. The highest BCUT2D eigenvalue weighted by molar-refractivity contribution is 7.99. The molecule has 0 aliphatic rings. The first kappa shape index (κ1) is 14.7. The Morgan fingerprint density at radius 2 is 2.00 bits per heavy atom. The first-order valence-electron chi connectivity index (χ1n) is 4.94. The molecule has 0 saturated carbocycles. The van der Waals surface area contributed by atoms with Gasteiger partial charge in [-0.25, -0.2) is 0 Å². The van der Waals surface area contributed by atoms with Gasteiger partial charge in [0, 0.05) is 5.75 Å². The summed E-state index contributed by atoms with van der Waals surface area (Å²) in [7, 11) is 0. The van der Waals surface area contributed by atoms with Gasteiger partial charge in [-0.15, -0.1) is 11.8 Å². The Bertz CT molecular complexity index is 177. The lowest BCUT2D eigenvalue weighted by molar-refractivity contribution is -0.151. The van der Waals surface area contributed by atoms with Crippen molar-refractivity contribution in [3.8, 4) is 0 Å². The van der Waals surface area contributed by atoms with Gasteiger partial charge >= 0.3 is 5.97 Å². The van der Waals surface area contributed by atoms with Crippen LogP contribution in [0, 0.1) is 0 Å². The van der Waals surface area contributed by atoms with Crippen molar-refractivity contribution in [3.63, 3.8) is 0 Å². The topological polar surface area (TPSA) is 55.8 Å². The fourth-order valence-electron chi connectivity index (χ4n) is 0.811. The highest BCUT2D eigenvalue weighted by Crippen LogP contribution is 2.09. The summed E-state index contributed by atoms with van der Waals surface area (Å²) in [5, 5.41) is 8.43. The smallest absolute Gasteiger partial charge is 0.316 e. The number of ether oxygens (including phenoxy) is 2. The summed E-state index contributed by atoms with van der Waals surface area (Å²) in [6.45, 7) is 6.48. The zero-order valence-corrected chi connectivity index (χ0v) is 10.4. The van der Waals surface area contributed by atoms with Crippen LogP contribution in [0.2, 0.25) is 0 Å². The van der Waals surface area contributed by atoms with Crippen molar-refractivity contribution >= 4 is 17.7 Å². The van der Waals surface area contributed by atoms with E-state index in [0.717, 1.165) is 5.75 Å². The molecular weight excluding hydrogens is 216 g/mol. The van der Waals surface area contributed by atoms with Crippen LogP contribution in [0.3, 0.4) is 0 Å². The third-order valence-corrected chi connectivity index (χ3v) is 2.14. The molecule has 1 N–H and O–H groups in total. The van der Waals surface area contributed by atoms with Crippen molar-refractivity contribution in [1.29, 1.82) is 0 Å². The number of aliphatic hydroxyl groups is 1. The van der Waals surface area contributed by atoms with Crippen molar-refractivity contribution in [2.75, 3.05) is 31.3 Å². The fraction of sp³-hybridized carbons (Fsp3) is 0.900. The van der Waals surface area contributed by atoms with Crippen LogP contribution in [0.1, 0.15) is 20.8 Å². The lowest BCUT2D eigenvalue weighted by Crippen LogP contribution is -2.25. The summed E-state index contributed by atoms with van der Waals surface area (Å²) in [5.41, 5.74) is -0.412. The molecule has 4 nitrogen and oxygen atoms in total. The molecule has 0 rings (SSSR count). The van der Waals surface area contributed by atoms with E-state index in [1.165, 1.54) is 11.8 Å². The highest BCUT2D eigenvalue weighted by atomic mass is 32.2. The third kappa shape index (κ3) is 11.7. The van der Waals surface area contributed by atoms with Crippen molar-refractivity contribution < 1.29 is 19.4 Å². The summed E-state index contributed by atoms with van der Waals surface area (Å²) < 4.78 is 10.2. The van der Waals surface area contributed by atoms with Crippen molar-refractivity contribution in [2.24, 2.45) is 0 Å². The number of thioether (sulfide) groups is 1. The van der Waals surface area contributed by atoms with Crippen molar-refractivity contribution in [1.82, 2.24) is 0 Å². The second-order valence-corrected chi connectivity index (χ2v) is 5.08. The van der Waals surface area contributed by atoms with Crippen LogP contribution in [-0.4, -0.2) is 48.0 Å². The number of esters is 1. The Morgan fingerprint density at radius 3 is 2.53 bits per heavy atom. The predicted molar refractivity (Wildman–Crippen MR) is 61.1 cm³/mol. The molecule has 0 aromatic heterocycles. The van der Waals surface area contributed by atoms with Crippen LogP contribution in [0.5, 0.6) is 0 Å². The minimum absolute atomic E-state index is 0.0384. The minimum atomic E-state index is -0.412. The third-order valence-electron chi connectivity index (χ3n) is 1.25. The molecule has 0 unspecified atom stereocenters. The van der Waals surface area contributed by atoms with E-state index in [-0.39, 0.29) is 12.6 Å². The normalized spacial score (nSPS) is 11.5. The molecule has 0 bridgehead atoms. The second kappa shape index (κ2) is 7.96. The van der Waals surface area contributed by atoms with Crippen molar-refractivity contribution in [2.45, 2.75) is 26.4 Å². The summed E-state index contributed by atoms with van der Waals surface area (Å²) in [6.07, 6.45) is 0. The average molecular weight is 236 g/mol. The standard InChI is InChI=1S/C10H20O4S/c1-10(2,3)14-9(12)8-15-7-6-13-5-4-11/h11H,4-8H2,1-3H3. The number of rotatable bonds is 7. The minimum Gasteiger partial charge on any atom is -0.459 e. The first-order valence-corrected chi connectivity index (χ1v) is 6.09. The molecule has 0 aromatic rings. The molecule has 0 radical (unpaired) electrons. The monoisotopic (exact) mass is 236 g/mol. The maximum Gasteiger partial charge on any atom is 0.316 e. The average Bonchev–Trinajstić information content (AvgIpc) is 2.08. The van der Waals surface area contributed by atoms with Crippen LogP contribution < -0.4 is 0 Å². The fourth-order valence-corrected chi connectivity index (χ4v) is 1.42. The van der Waals surface area contributed by atoms with E-state index in [2.05, 4.69) is 0 Å². The van der Waals surface area contributed by atoms with Gasteiger partial charge in [-0.2, -0.15) is 0 Å². The van der Waals surface area contributed by atoms with Gasteiger partial charge in [-0.3, -0.25) is 4.79 Å². The SMILES string of the molecule is CC(C)(C)OC(=O)CSCCOCCO. The van der Waals surface area contributed by atoms with Gasteiger partial charge in [0.2, 0.25) is 0 Å². The van der Waals surface area contributed by atoms with Crippen LogP contribution in [-0.2, 0) is 14.3 Å². The predicted octanol–water partition coefficient (Wildman–Crippen LogP) is 1.07. The molecule has 0 saturated heterocycles. The Hall–Kier alpha value is -0.260. The van der Waals surface area contributed by atoms with Gasteiger partial charge in [0.25, 0.3) is 0 Å². The number of aliphatic hydroxyl groups excluding tert-OH is 1. The molecule has 0 atom stereocenters. The van der Waals surface area contributed by atoms with Gasteiger partial charge in [0.15, 0.2) is 0 Å². The summed E-state index contributed by atoms with van der Waals surface area (Å²) in [5.74, 6) is 0.883. The number of hydrogen-bond donors (Lipinski definition) is 1. The number of carbonyl (C=O) groups is 1. The van der Waals surface area contributed by atoms with Gasteiger partial charge in [0.1, 0.15) is 5.60 Å². The van der Waals surface area contributed by atoms with Gasteiger partial charge < -0.3 is 14.6 Å². The molecule has 0 heterocycles. The molecular formula is C10H20O4S. The molecule has 0 amide bonds. The molecule has 0 spiro atoms. The van der Waals surface area contributed by atoms with Crippen LogP contribution in [0.25, 0.3) is 0 Å². The highest BCUT2D eigenvalue weighted by Gasteiger charge is 2.15. The Balaban J connectivity index is 3.32. The lowest BCUT2D eigenvalue weighted by atomic mass is 10.2. The van der Waals surface area contributed by atoms with Crippen LogP contribution >= 0.6 is 11.8 Å². The molecule has 15 heavy (non-hydrogen) atoms. The summed E-state index contributed by atoms with van der Waals surface area (Å²) in [4.78, 5) is 11.2. The Labute approximate surface area is 95.3 Å². The molecule has 0 aliphatic heterocycles. The van der Waals surface area contributed by atoms with Gasteiger partial charge in [0.05, 0.1) is 25.6 Å². The van der Waals surface area contributed by atoms with E-state index in [9.17, 15) is 4.79 Å². The second-order valence-electron chi connectivity index (χ2n) is 3.98. The van der Waals surface area contributed by atoms with Crippen LogP contribution in [0.4, 0.5) is 0 Å². The Morgan fingerprint density at radius 1 is 1.33 bits per heavy atom. The Kier molecular flexibility index (Phi) is 7.82. The summed E-state index contributed by atoms with van der Waals surface area (Å²) in [6, 6.07) is 0. The first-order chi connectivity index (χ1) is 6.95. The maximum atomic E-state index is 11.2. The quantitative estimate of drug-likeness (QED) is 0.529. The van der Waals surface area contributed by atoms with Gasteiger partial charge in [-0.1, -0.05) is 0 Å². The molecule has 0 fully saturated rings. The largest absolute Gasteiger partial charge is 0.459 e. The van der Waals surface area contributed by atoms with E-state index in [4.69, 9.17) is 14.6 Å². The zero-order valence-electron chi connectivity index (χ0n) is 9.62. The van der Waals surface area contributed by atoms with E-state index in [1.54, 1.807) is 0 Å². The summed E-state index contributed by atoms with van der Waals surface area (Å²) >= 11 is 1.47. The van der Waals surface area contributed by atoms with E-state index in [1.807, 2.05) is 20.8 Å². The van der Waals surface area contributed by atoms with Crippen molar-refractivity contribution in [3.05, 3.63) is 0 Å². The van der Waals surface area contributed by atoms with Gasteiger partial charge in [-0.05, 0) is 20.8 Å². The zero-order chi connectivity index (χ0) is 11.7. The number of hydrogen-bond acceptors (Lipinski definition) is 5. The van der Waals surface area contributed by atoms with Crippen LogP contribution in [0.15, 0.2) is 0 Å². The van der Waals surface area contributed by atoms with E-state index in [0.29, 0.717) is 19.0 Å². The van der Waals surface area contributed by atoms with E-state index >= 15 is 0 Å². The maximum absolute atomic E-state index is 11.2. The van der Waals surface area contributed by atoms with E-state index < -0.39 is 5.60 Å². The lowest BCUT2D eigenvalue weighted by Gasteiger charge is -2.19. The molecule has 5 heteroatoms. The molecule has 90 valence electrons. The molecule has 0 aromatic carbocycles. The number of carbonyl (C=O) groups excluding carboxylic acids is 1.